The Bertz CT molecular complexity index is 1270. The van der Waals surface area contributed by atoms with E-state index < -0.39 is 11.7 Å². The molecule has 1 aliphatic rings. The predicted octanol–water partition coefficient (Wildman–Crippen LogP) is 6.50. The van der Waals surface area contributed by atoms with Gasteiger partial charge in [0.25, 0.3) is 0 Å². The first-order chi connectivity index (χ1) is 15.8. The van der Waals surface area contributed by atoms with Gasteiger partial charge in [-0.1, -0.05) is 35.9 Å². The van der Waals surface area contributed by atoms with Crippen molar-refractivity contribution in [2.45, 2.75) is 25.7 Å². The summed E-state index contributed by atoms with van der Waals surface area (Å²) in [6.07, 6.45) is -1.83. The number of halogens is 4. The molecule has 0 N–H and O–H groups in total. The third-order valence-corrected chi connectivity index (χ3v) is 6.70. The minimum absolute atomic E-state index is 0.447. The average Bonchev–Trinajstić information content (AvgIpc) is 3.27. The van der Waals surface area contributed by atoms with Crippen molar-refractivity contribution in [3.8, 4) is 22.0 Å². The second kappa shape index (κ2) is 8.85. The molecule has 33 heavy (non-hydrogen) atoms. The van der Waals surface area contributed by atoms with E-state index in [1.807, 2.05) is 24.3 Å². The van der Waals surface area contributed by atoms with E-state index in [0.717, 1.165) is 59.2 Å². The minimum atomic E-state index is -4.36. The molecule has 5 rings (SSSR count). The molecule has 2 aromatic carbocycles. The van der Waals surface area contributed by atoms with Gasteiger partial charge in [-0.05, 0) is 24.3 Å². The Balaban J connectivity index is 1.27. The molecule has 0 saturated carbocycles. The van der Waals surface area contributed by atoms with Crippen molar-refractivity contribution < 1.29 is 13.2 Å². The zero-order valence-corrected chi connectivity index (χ0v) is 18.9. The normalized spacial score (nSPS) is 14.3. The number of fused-ring (bicyclic) bond motifs is 1. The molecule has 4 aromatic rings. The van der Waals surface area contributed by atoms with Crippen molar-refractivity contribution >= 4 is 22.9 Å². The SMILES string of the molecule is FC(F)(F)c1ccc(-c2ncc3c(n2)CCN(Cc2csc(-c4ccc(Cl)cc4)n2)C3)cc1. The minimum Gasteiger partial charge on any atom is -0.293 e. The number of aromatic nitrogens is 3. The Morgan fingerprint density at radius 2 is 1.70 bits per heavy atom. The molecule has 1 aliphatic heterocycles. The molecule has 0 radical (unpaired) electrons. The smallest absolute Gasteiger partial charge is 0.293 e. The summed E-state index contributed by atoms with van der Waals surface area (Å²) in [6, 6.07) is 12.6. The molecule has 0 atom stereocenters. The topological polar surface area (TPSA) is 41.9 Å². The van der Waals surface area contributed by atoms with Crippen molar-refractivity contribution in [1.29, 1.82) is 0 Å². The van der Waals surface area contributed by atoms with Crippen LogP contribution in [0, 0.1) is 0 Å². The first-order valence-corrected chi connectivity index (χ1v) is 11.6. The lowest BCUT2D eigenvalue weighted by molar-refractivity contribution is -0.137. The van der Waals surface area contributed by atoms with Gasteiger partial charge in [0.15, 0.2) is 5.82 Å². The molecule has 4 nitrogen and oxygen atoms in total. The van der Waals surface area contributed by atoms with Crippen LogP contribution in [0.25, 0.3) is 22.0 Å². The van der Waals surface area contributed by atoms with E-state index in [4.69, 9.17) is 16.6 Å². The summed E-state index contributed by atoms with van der Waals surface area (Å²) < 4.78 is 38.4. The Morgan fingerprint density at radius 1 is 0.970 bits per heavy atom. The van der Waals surface area contributed by atoms with E-state index >= 15 is 0 Å². The molecule has 168 valence electrons. The quantitative estimate of drug-likeness (QED) is 0.330. The zero-order valence-electron chi connectivity index (χ0n) is 17.3. The molecular weight excluding hydrogens is 469 g/mol. The first-order valence-electron chi connectivity index (χ1n) is 10.3. The van der Waals surface area contributed by atoms with Crippen molar-refractivity contribution in [3.05, 3.63) is 87.6 Å². The van der Waals surface area contributed by atoms with E-state index in [1.54, 1.807) is 17.5 Å². The van der Waals surface area contributed by atoms with Crippen LogP contribution in [0.3, 0.4) is 0 Å². The van der Waals surface area contributed by atoms with E-state index in [0.29, 0.717) is 23.0 Å². The van der Waals surface area contributed by atoms with Crippen molar-refractivity contribution in [2.24, 2.45) is 0 Å². The number of thiazole rings is 1. The van der Waals surface area contributed by atoms with Gasteiger partial charge in [0.2, 0.25) is 0 Å². The monoisotopic (exact) mass is 486 g/mol. The van der Waals surface area contributed by atoms with Crippen molar-refractivity contribution in [3.63, 3.8) is 0 Å². The van der Waals surface area contributed by atoms with Crippen LogP contribution in [0.15, 0.2) is 60.1 Å². The molecule has 9 heteroatoms. The standard InChI is InChI=1S/C24H18ClF3N4S/c25-19-7-3-16(4-8-19)23-30-20(14-33-23)13-32-10-9-21-17(12-32)11-29-22(31-21)15-1-5-18(6-2-15)24(26,27)28/h1-8,11,14H,9-10,12-13H2. The maximum absolute atomic E-state index is 12.8. The maximum atomic E-state index is 12.8. The van der Waals surface area contributed by atoms with Crippen LogP contribution in [0.2, 0.25) is 5.02 Å². The highest BCUT2D eigenvalue weighted by Crippen LogP contribution is 2.31. The van der Waals surface area contributed by atoms with E-state index in [2.05, 4.69) is 20.2 Å². The predicted molar refractivity (Wildman–Crippen MR) is 123 cm³/mol. The highest BCUT2D eigenvalue weighted by molar-refractivity contribution is 7.13. The Kier molecular flexibility index (Phi) is 5.90. The second-order valence-corrected chi connectivity index (χ2v) is 9.15. The lowest BCUT2D eigenvalue weighted by Crippen LogP contribution is -2.31. The fourth-order valence-electron chi connectivity index (χ4n) is 3.79. The lowest BCUT2D eigenvalue weighted by atomic mass is 10.1. The highest BCUT2D eigenvalue weighted by Gasteiger charge is 2.30. The molecule has 0 unspecified atom stereocenters. The van der Waals surface area contributed by atoms with Crippen molar-refractivity contribution in [2.75, 3.05) is 6.54 Å². The zero-order chi connectivity index (χ0) is 23.0. The highest BCUT2D eigenvalue weighted by atomic mass is 35.5. The Morgan fingerprint density at radius 3 is 2.42 bits per heavy atom. The molecule has 0 amide bonds. The Hall–Kier alpha value is -2.81. The van der Waals surface area contributed by atoms with Gasteiger partial charge in [-0.2, -0.15) is 13.2 Å². The number of rotatable bonds is 4. The molecule has 0 saturated heterocycles. The van der Waals surface area contributed by atoms with Crippen LogP contribution in [0.4, 0.5) is 13.2 Å². The number of nitrogens with zero attached hydrogens (tertiary/aromatic N) is 4. The average molecular weight is 487 g/mol. The number of hydrogen-bond donors (Lipinski definition) is 0. The largest absolute Gasteiger partial charge is 0.416 e. The van der Waals surface area contributed by atoms with Gasteiger partial charge in [0.05, 0.1) is 17.0 Å². The van der Waals surface area contributed by atoms with E-state index in [-0.39, 0.29) is 0 Å². The molecular formula is C24H18ClF3N4S. The van der Waals surface area contributed by atoms with E-state index in [9.17, 15) is 13.2 Å². The summed E-state index contributed by atoms with van der Waals surface area (Å²) in [7, 11) is 0. The lowest BCUT2D eigenvalue weighted by Gasteiger charge is -2.27. The van der Waals surface area contributed by atoms with Crippen LogP contribution >= 0.6 is 22.9 Å². The van der Waals surface area contributed by atoms with Gasteiger partial charge in [0, 0.05) is 59.3 Å². The summed E-state index contributed by atoms with van der Waals surface area (Å²) in [6.45, 7) is 2.25. The summed E-state index contributed by atoms with van der Waals surface area (Å²) in [4.78, 5) is 16.1. The number of benzene rings is 2. The van der Waals surface area contributed by atoms with Crippen LogP contribution < -0.4 is 0 Å². The second-order valence-electron chi connectivity index (χ2n) is 7.85. The van der Waals surface area contributed by atoms with Crippen LogP contribution in [-0.4, -0.2) is 26.4 Å². The third-order valence-electron chi connectivity index (χ3n) is 5.51. The van der Waals surface area contributed by atoms with Gasteiger partial charge < -0.3 is 0 Å². The van der Waals surface area contributed by atoms with Crippen LogP contribution in [0.5, 0.6) is 0 Å². The fraction of sp³-hybridized carbons (Fsp3) is 0.208. The molecule has 0 fully saturated rings. The first kappa shape index (κ1) is 22.0. The van der Waals surface area contributed by atoms with Gasteiger partial charge in [-0.3, -0.25) is 4.90 Å². The van der Waals surface area contributed by atoms with Crippen LogP contribution in [-0.2, 0) is 25.7 Å². The van der Waals surface area contributed by atoms with Gasteiger partial charge in [-0.15, -0.1) is 11.3 Å². The summed E-state index contributed by atoms with van der Waals surface area (Å²) >= 11 is 7.58. The van der Waals surface area contributed by atoms with E-state index in [1.165, 1.54) is 12.1 Å². The van der Waals surface area contributed by atoms with Gasteiger partial charge in [0.1, 0.15) is 5.01 Å². The molecule has 3 heterocycles. The number of hydrogen-bond acceptors (Lipinski definition) is 5. The van der Waals surface area contributed by atoms with Crippen LogP contribution in [0.1, 0.15) is 22.5 Å². The van der Waals surface area contributed by atoms with Gasteiger partial charge >= 0.3 is 6.18 Å². The molecule has 2 aromatic heterocycles. The summed E-state index contributed by atoms with van der Waals surface area (Å²) in [5, 5.41) is 3.73. The Labute approximate surface area is 197 Å². The molecule has 0 bridgehead atoms. The molecule has 0 aliphatic carbocycles. The maximum Gasteiger partial charge on any atom is 0.416 e. The van der Waals surface area contributed by atoms with Gasteiger partial charge in [-0.25, -0.2) is 15.0 Å². The third kappa shape index (κ3) is 4.93. The molecule has 0 spiro atoms. The fourth-order valence-corrected chi connectivity index (χ4v) is 4.73. The summed E-state index contributed by atoms with van der Waals surface area (Å²) in [5.74, 6) is 0.447. The number of alkyl halides is 3. The van der Waals surface area contributed by atoms with Crippen molar-refractivity contribution in [1.82, 2.24) is 19.9 Å². The summed E-state index contributed by atoms with van der Waals surface area (Å²) in [5.41, 5.74) is 3.92.